The van der Waals surface area contributed by atoms with Gasteiger partial charge in [-0.05, 0) is 25.8 Å². The highest BCUT2D eigenvalue weighted by Gasteiger charge is 2.20. The summed E-state index contributed by atoms with van der Waals surface area (Å²) in [6.45, 7) is 8.47. The molecule has 1 aliphatic rings. The Morgan fingerprint density at radius 3 is 2.61 bits per heavy atom. The Morgan fingerprint density at radius 2 is 2.00 bits per heavy atom. The van der Waals surface area contributed by atoms with E-state index in [0.717, 1.165) is 26.1 Å². The van der Waals surface area contributed by atoms with Crippen molar-refractivity contribution in [2.24, 2.45) is 0 Å². The summed E-state index contributed by atoms with van der Waals surface area (Å²) in [7, 11) is 0. The molecule has 1 aromatic rings. The molecular formula is C15H22N2O. The molecule has 0 aliphatic carbocycles. The fourth-order valence-corrected chi connectivity index (χ4v) is 2.72. The maximum absolute atomic E-state index is 11.4. The Kier molecular flexibility index (Phi) is 4.02. The van der Waals surface area contributed by atoms with Crippen LogP contribution < -0.4 is 5.32 Å². The van der Waals surface area contributed by atoms with E-state index in [1.807, 2.05) is 4.90 Å². The molecular weight excluding hydrogens is 224 g/mol. The topological polar surface area (TPSA) is 32.3 Å². The number of nitrogens with zero attached hydrogens (tertiary/aromatic N) is 1. The number of aryl methyl sites for hydroxylation is 2. The lowest BCUT2D eigenvalue weighted by molar-refractivity contribution is -0.130. The summed E-state index contributed by atoms with van der Waals surface area (Å²) < 4.78 is 0. The number of benzene rings is 1. The van der Waals surface area contributed by atoms with E-state index in [2.05, 4.69) is 37.4 Å². The van der Waals surface area contributed by atoms with Crippen molar-refractivity contribution in [2.45, 2.75) is 33.2 Å². The number of carbonyl (C=O) groups excluding carboxylic acids is 1. The van der Waals surface area contributed by atoms with Crippen molar-refractivity contribution in [1.29, 1.82) is 0 Å². The molecule has 1 heterocycles. The highest BCUT2D eigenvalue weighted by Crippen LogP contribution is 2.12. The molecule has 3 heteroatoms. The Labute approximate surface area is 109 Å². The molecule has 0 aromatic heterocycles. The van der Waals surface area contributed by atoms with Gasteiger partial charge in [-0.15, -0.1) is 0 Å². The van der Waals surface area contributed by atoms with E-state index in [9.17, 15) is 4.79 Å². The lowest BCUT2D eigenvalue weighted by Gasteiger charge is -2.33. The number of hydrogen-bond acceptors (Lipinski definition) is 2. The van der Waals surface area contributed by atoms with E-state index in [0.29, 0.717) is 6.04 Å². The zero-order chi connectivity index (χ0) is 13.1. The van der Waals surface area contributed by atoms with Crippen molar-refractivity contribution in [1.82, 2.24) is 10.2 Å². The molecule has 0 radical (unpaired) electrons. The van der Waals surface area contributed by atoms with E-state index >= 15 is 0 Å². The van der Waals surface area contributed by atoms with Gasteiger partial charge in [0.1, 0.15) is 0 Å². The highest BCUT2D eigenvalue weighted by molar-refractivity contribution is 5.73. The second kappa shape index (κ2) is 5.53. The lowest BCUT2D eigenvalue weighted by Crippen LogP contribution is -2.52. The zero-order valence-corrected chi connectivity index (χ0v) is 11.5. The van der Waals surface area contributed by atoms with Crippen LogP contribution in [0.15, 0.2) is 18.2 Å². The van der Waals surface area contributed by atoms with Gasteiger partial charge in [-0.3, -0.25) is 4.79 Å². The second-order valence-electron chi connectivity index (χ2n) is 5.32. The van der Waals surface area contributed by atoms with Crippen LogP contribution in [0, 0.1) is 13.8 Å². The largest absolute Gasteiger partial charge is 0.340 e. The van der Waals surface area contributed by atoms with Gasteiger partial charge in [0, 0.05) is 32.6 Å². The molecule has 1 amide bonds. The third-order valence-corrected chi connectivity index (χ3v) is 3.46. The van der Waals surface area contributed by atoms with Gasteiger partial charge in [0.25, 0.3) is 0 Å². The molecule has 1 unspecified atom stereocenters. The summed E-state index contributed by atoms with van der Waals surface area (Å²) in [4.78, 5) is 13.3. The molecule has 0 saturated carbocycles. The van der Waals surface area contributed by atoms with Crippen LogP contribution in [0.25, 0.3) is 0 Å². The van der Waals surface area contributed by atoms with E-state index in [-0.39, 0.29) is 5.91 Å². The number of piperazine rings is 1. The van der Waals surface area contributed by atoms with Crippen molar-refractivity contribution in [3.05, 3.63) is 34.9 Å². The first-order valence-corrected chi connectivity index (χ1v) is 6.60. The van der Waals surface area contributed by atoms with Gasteiger partial charge in [-0.25, -0.2) is 0 Å². The van der Waals surface area contributed by atoms with E-state index in [1.165, 1.54) is 16.7 Å². The first-order chi connectivity index (χ1) is 8.54. The number of nitrogens with one attached hydrogen (secondary N) is 1. The highest BCUT2D eigenvalue weighted by atomic mass is 16.2. The molecule has 0 bridgehead atoms. The summed E-state index contributed by atoms with van der Waals surface area (Å²) in [5, 5.41) is 3.50. The molecule has 1 N–H and O–H groups in total. The Hall–Kier alpha value is -1.35. The summed E-state index contributed by atoms with van der Waals surface area (Å²) >= 11 is 0. The van der Waals surface area contributed by atoms with Crippen LogP contribution in [0.4, 0.5) is 0 Å². The summed E-state index contributed by atoms with van der Waals surface area (Å²) in [6.07, 6.45) is 0.992. The molecule has 1 saturated heterocycles. The SMILES string of the molecule is CC(=O)N1CCNC(Cc2cc(C)cc(C)c2)C1. The Morgan fingerprint density at radius 1 is 1.33 bits per heavy atom. The van der Waals surface area contributed by atoms with Crippen LogP contribution in [0.1, 0.15) is 23.6 Å². The van der Waals surface area contributed by atoms with Crippen molar-refractivity contribution >= 4 is 5.91 Å². The normalized spacial score (nSPS) is 19.9. The molecule has 3 nitrogen and oxygen atoms in total. The maximum Gasteiger partial charge on any atom is 0.219 e. The van der Waals surface area contributed by atoms with Crippen LogP contribution >= 0.6 is 0 Å². The number of hydrogen-bond donors (Lipinski definition) is 1. The van der Waals surface area contributed by atoms with E-state index < -0.39 is 0 Å². The fourth-order valence-electron chi connectivity index (χ4n) is 2.72. The molecule has 1 atom stereocenters. The molecule has 98 valence electrons. The molecule has 1 aromatic carbocycles. The third kappa shape index (κ3) is 3.33. The summed E-state index contributed by atoms with van der Waals surface area (Å²) in [5.74, 6) is 0.182. The lowest BCUT2D eigenvalue weighted by atomic mass is 10.00. The van der Waals surface area contributed by atoms with E-state index in [1.54, 1.807) is 6.92 Å². The van der Waals surface area contributed by atoms with Crippen molar-refractivity contribution in [2.75, 3.05) is 19.6 Å². The molecule has 2 rings (SSSR count). The minimum Gasteiger partial charge on any atom is -0.340 e. The summed E-state index contributed by atoms with van der Waals surface area (Å²) in [5.41, 5.74) is 3.98. The smallest absolute Gasteiger partial charge is 0.219 e. The van der Waals surface area contributed by atoms with Gasteiger partial charge in [0.2, 0.25) is 5.91 Å². The number of amides is 1. The number of rotatable bonds is 2. The second-order valence-corrected chi connectivity index (χ2v) is 5.32. The zero-order valence-electron chi connectivity index (χ0n) is 11.5. The average molecular weight is 246 g/mol. The van der Waals surface area contributed by atoms with Gasteiger partial charge in [0.15, 0.2) is 0 Å². The predicted octanol–water partition coefficient (Wildman–Crippen LogP) is 1.67. The first-order valence-electron chi connectivity index (χ1n) is 6.60. The van der Waals surface area contributed by atoms with Gasteiger partial charge in [-0.1, -0.05) is 29.3 Å². The van der Waals surface area contributed by atoms with Crippen molar-refractivity contribution < 1.29 is 4.79 Å². The van der Waals surface area contributed by atoms with Crippen molar-refractivity contribution in [3.63, 3.8) is 0 Å². The van der Waals surface area contributed by atoms with Gasteiger partial charge < -0.3 is 10.2 Å². The average Bonchev–Trinajstić information content (AvgIpc) is 2.27. The molecule has 1 aliphatic heterocycles. The standard InChI is InChI=1S/C15H22N2O/c1-11-6-12(2)8-14(7-11)9-15-10-17(13(3)18)5-4-16-15/h6-8,15-16H,4-5,9-10H2,1-3H3. The molecule has 0 spiro atoms. The minimum absolute atomic E-state index is 0.182. The van der Waals surface area contributed by atoms with Crippen molar-refractivity contribution in [3.8, 4) is 0 Å². The van der Waals surface area contributed by atoms with E-state index in [4.69, 9.17) is 0 Å². The molecule has 1 fully saturated rings. The summed E-state index contributed by atoms with van der Waals surface area (Å²) in [6, 6.07) is 7.05. The van der Waals surface area contributed by atoms with Crippen LogP contribution in [0.2, 0.25) is 0 Å². The molecule has 18 heavy (non-hydrogen) atoms. The van der Waals surface area contributed by atoms with Crippen LogP contribution in [-0.4, -0.2) is 36.5 Å². The van der Waals surface area contributed by atoms with Gasteiger partial charge in [0.05, 0.1) is 0 Å². The predicted molar refractivity (Wildman–Crippen MR) is 73.7 cm³/mol. The quantitative estimate of drug-likeness (QED) is 0.861. The first kappa shape index (κ1) is 13.1. The maximum atomic E-state index is 11.4. The third-order valence-electron chi connectivity index (χ3n) is 3.46. The van der Waals surface area contributed by atoms with Crippen LogP contribution in [-0.2, 0) is 11.2 Å². The fraction of sp³-hybridized carbons (Fsp3) is 0.533. The van der Waals surface area contributed by atoms with Crippen LogP contribution in [0.5, 0.6) is 0 Å². The Bertz CT molecular complexity index is 422. The monoisotopic (exact) mass is 246 g/mol. The number of carbonyl (C=O) groups is 1. The van der Waals surface area contributed by atoms with Crippen LogP contribution in [0.3, 0.4) is 0 Å². The Balaban J connectivity index is 2.02. The van der Waals surface area contributed by atoms with Gasteiger partial charge >= 0.3 is 0 Å². The van der Waals surface area contributed by atoms with Gasteiger partial charge in [-0.2, -0.15) is 0 Å². The minimum atomic E-state index is 0.182.